The highest BCUT2D eigenvalue weighted by molar-refractivity contribution is 5.97. The van der Waals surface area contributed by atoms with Crippen molar-refractivity contribution in [2.45, 2.75) is 64.2 Å². The largest absolute Gasteiger partial charge is 0.472 e. The molecular formula is C24H33N3O5. The van der Waals surface area contributed by atoms with Crippen molar-refractivity contribution < 1.29 is 24.5 Å². The lowest BCUT2D eigenvalue weighted by Gasteiger charge is -2.37. The molecule has 0 radical (unpaired) electrons. The third-order valence-corrected chi connectivity index (χ3v) is 6.38. The molecular weight excluding hydrogens is 410 g/mol. The van der Waals surface area contributed by atoms with Gasteiger partial charge in [0.05, 0.1) is 19.2 Å². The summed E-state index contributed by atoms with van der Waals surface area (Å²) in [5.41, 5.74) is -0.207. The third-order valence-electron chi connectivity index (χ3n) is 6.38. The number of fused-ring (bicyclic) bond motifs is 1. The SMILES string of the molecule is CC(=O)N(C)C[C@H]1Oc2ncc(C#CC3(O)CCCC3)cc2C(=O)N([C@H](C)CO)C[C@H]1C. The normalized spacial score (nSPS) is 23.2. The molecule has 1 aromatic rings. The number of aliphatic hydroxyl groups excluding tert-OH is 1. The van der Waals surface area contributed by atoms with Gasteiger partial charge in [-0.1, -0.05) is 18.8 Å². The Morgan fingerprint density at radius 3 is 2.75 bits per heavy atom. The minimum Gasteiger partial charge on any atom is -0.472 e. The van der Waals surface area contributed by atoms with E-state index >= 15 is 0 Å². The molecule has 2 heterocycles. The zero-order valence-electron chi connectivity index (χ0n) is 19.3. The van der Waals surface area contributed by atoms with E-state index in [4.69, 9.17) is 4.74 Å². The second-order valence-corrected chi connectivity index (χ2v) is 9.09. The fraction of sp³-hybridized carbons (Fsp3) is 0.625. The molecule has 0 unspecified atom stereocenters. The summed E-state index contributed by atoms with van der Waals surface area (Å²) in [7, 11) is 1.71. The van der Waals surface area contributed by atoms with Gasteiger partial charge in [-0.15, -0.1) is 0 Å². The molecule has 8 nitrogen and oxygen atoms in total. The average Bonchev–Trinajstić information content (AvgIpc) is 3.20. The Morgan fingerprint density at radius 2 is 2.12 bits per heavy atom. The Hall–Kier alpha value is -2.63. The molecule has 0 spiro atoms. The molecule has 0 saturated heterocycles. The standard InChI is InChI=1S/C24H33N3O5/c1-16-13-27(17(2)15-28)23(30)20-11-19(7-10-24(31)8-5-6-9-24)12-25-22(20)32-21(16)14-26(4)18(3)29/h11-12,16-17,21,28,31H,5-6,8-9,13-15H2,1-4H3/t16-,17-,21-/m1/s1. The van der Waals surface area contributed by atoms with E-state index in [0.29, 0.717) is 31.5 Å². The number of pyridine rings is 1. The Labute approximate surface area is 189 Å². The molecule has 3 rings (SSSR count). The number of aliphatic hydroxyl groups is 2. The molecule has 2 aliphatic rings. The van der Waals surface area contributed by atoms with Gasteiger partial charge in [0.25, 0.3) is 5.91 Å². The number of nitrogens with zero attached hydrogens (tertiary/aromatic N) is 3. The monoisotopic (exact) mass is 443 g/mol. The maximum Gasteiger partial charge on any atom is 0.259 e. The van der Waals surface area contributed by atoms with Crippen LogP contribution < -0.4 is 4.74 Å². The number of hydrogen-bond donors (Lipinski definition) is 2. The average molecular weight is 444 g/mol. The summed E-state index contributed by atoms with van der Waals surface area (Å²) in [5, 5.41) is 20.2. The van der Waals surface area contributed by atoms with Crippen molar-refractivity contribution in [3.8, 4) is 17.7 Å². The van der Waals surface area contributed by atoms with Crippen LogP contribution in [0.2, 0.25) is 0 Å². The van der Waals surface area contributed by atoms with Crippen LogP contribution in [0.5, 0.6) is 5.88 Å². The Bertz CT molecular complexity index is 916. The first-order chi connectivity index (χ1) is 15.1. The molecule has 174 valence electrons. The molecule has 1 saturated carbocycles. The fourth-order valence-electron chi connectivity index (χ4n) is 4.06. The van der Waals surface area contributed by atoms with Gasteiger partial charge < -0.3 is 24.7 Å². The summed E-state index contributed by atoms with van der Waals surface area (Å²) in [6.07, 6.45) is 4.34. The number of rotatable bonds is 4. The molecule has 0 aromatic carbocycles. The van der Waals surface area contributed by atoms with Crippen molar-refractivity contribution in [3.05, 3.63) is 23.4 Å². The molecule has 1 aliphatic heterocycles. The van der Waals surface area contributed by atoms with Crippen molar-refractivity contribution in [2.75, 3.05) is 26.7 Å². The molecule has 1 aromatic heterocycles. The summed E-state index contributed by atoms with van der Waals surface area (Å²) in [6, 6.07) is 1.24. The van der Waals surface area contributed by atoms with Crippen LogP contribution in [0.25, 0.3) is 0 Å². The molecule has 2 amide bonds. The molecule has 3 atom stereocenters. The minimum atomic E-state index is -0.986. The molecule has 2 N–H and O–H groups in total. The van der Waals surface area contributed by atoms with E-state index in [2.05, 4.69) is 16.8 Å². The van der Waals surface area contributed by atoms with E-state index in [9.17, 15) is 19.8 Å². The maximum absolute atomic E-state index is 13.4. The molecule has 32 heavy (non-hydrogen) atoms. The van der Waals surface area contributed by atoms with Crippen molar-refractivity contribution >= 4 is 11.8 Å². The van der Waals surface area contributed by atoms with Gasteiger partial charge in [0.2, 0.25) is 11.8 Å². The zero-order chi connectivity index (χ0) is 23.5. The summed E-state index contributed by atoms with van der Waals surface area (Å²) in [6.45, 7) is 5.78. The number of likely N-dealkylation sites (N-methyl/N-ethyl adjacent to an activating group) is 1. The van der Waals surface area contributed by atoms with Crippen LogP contribution in [-0.2, 0) is 4.79 Å². The van der Waals surface area contributed by atoms with Gasteiger partial charge in [-0.25, -0.2) is 4.98 Å². The molecule has 8 heteroatoms. The first kappa shape index (κ1) is 24.0. The Kier molecular flexibility index (Phi) is 7.42. The second kappa shape index (κ2) is 9.88. The van der Waals surface area contributed by atoms with Crippen molar-refractivity contribution in [3.63, 3.8) is 0 Å². The number of aromatic nitrogens is 1. The second-order valence-electron chi connectivity index (χ2n) is 9.09. The van der Waals surface area contributed by atoms with Gasteiger partial charge in [-0.3, -0.25) is 9.59 Å². The van der Waals surface area contributed by atoms with E-state index in [1.54, 1.807) is 29.8 Å². The predicted octanol–water partition coefficient (Wildman–Crippen LogP) is 1.44. The van der Waals surface area contributed by atoms with Crippen LogP contribution in [0.1, 0.15) is 62.4 Å². The number of carbonyl (C=O) groups excluding carboxylic acids is 2. The van der Waals surface area contributed by atoms with E-state index in [1.165, 1.54) is 13.1 Å². The molecule has 1 fully saturated rings. The summed E-state index contributed by atoms with van der Waals surface area (Å²) in [5.74, 6) is 5.62. The highest BCUT2D eigenvalue weighted by Crippen LogP contribution is 2.30. The van der Waals surface area contributed by atoms with E-state index in [0.717, 1.165) is 12.8 Å². The first-order valence-electron chi connectivity index (χ1n) is 11.2. The Balaban J connectivity index is 1.98. The highest BCUT2D eigenvalue weighted by atomic mass is 16.5. The quantitative estimate of drug-likeness (QED) is 0.683. The third kappa shape index (κ3) is 5.40. The van der Waals surface area contributed by atoms with Crippen LogP contribution in [0.4, 0.5) is 0 Å². The summed E-state index contributed by atoms with van der Waals surface area (Å²) < 4.78 is 6.14. The van der Waals surface area contributed by atoms with Crippen LogP contribution >= 0.6 is 0 Å². The van der Waals surface area contributed by atoms with Gasteiger partial charge in [0, 0.05) is 38.2 Å². The van der Waals surface area contributed by atoms with Crippen molar-refractivity contribution in [2.24, 2.45) is 5.92 Å². The van der Waals surface area contributed by atoms with Crippen LogP contribution in [0.15, 0.2) is 12.3 Å². The van der Waals surface area contributed by atoms with Crippen LogP contribution in [-0.4, -0.2) is 81.3 Å². The van der Waals surface area contributed by atoms with Gasteiger partial charge in [-0.2, -0.15) is 0 Å². The zero-order valence-corrected chi connectivity index (χ0v) is 19.3. The number of hydrogen-bond acceptors (Lipinski definition) is 6. The van der Waals surface area contributed by atoms with Crippen molar-refractivity contribution in [1.82, 2.24) is 14.8 Å². The number of carbonyl (C=O) groups is 2. The van der Waals surface area contributed by atoms with E-state index in [1.807, 2.05) is 6.92 Å². The fourth-order valence-corrected chi connectivity index (χ4v) is 4.06. The van der Waals surface area contributed by atoms with Gasteiger partial charge in [0.15, 0.2) is 0 Å². The number of ether oxygens (including phenoxy) is 1. The van der Waals surface area contributed by atoms with Crippen LogP contribution in [0, 0.1) is 17.8 Å². The maximum atomic E-state index is 13.4. The smallest absolute Gasteiger partial charge is 0.259 e. The lowest BCUT2D eigenvalue weighted by atomic mass is 9.99. The van der Waals surface area contributed by atoms with Gasteiger partial charge >= 0.3 is 0 Å². The molecule has 0 bridgehead atoms. The lowest BCUT2D eigenvalue weighted by Crippen LogP contribution is -2.50. The highest BCUT2D eigenvalue weighted by Gasteiger charge is 2.34. The minimum absolute atomic E-state index is 0.0804. The number of amides is 2. The summed E-state index contributed by atoms with van der Waals surface area (Å²) in [4.78, 5) is 32.7. The Morgan fingerprint density at radius 1 is 1.44 bits per heavy atom. The first-order valence-corrected chi connectivity index (χ1v) is 11.2. The lowest BCUT2D eigenvalue weighted by molar-refractivity contribution is -0.129. The van der Waals surface area contributed by atoms with Gasteiger partial charge in [0.1, 0.15) is 17.3 Å². The van der Waals surface area contributed by atoms with Crippen molar-refractivity contribution in [1.29, 1.82) is 0 Å². The van der Waals surface area contributed by atoms with E-state index in [-0.39, 0.29) is 41.9 Å². The molecule has 1 aliphatic carbocycles. The van der Waals surface area contributed by atoms with Crippen LogP contribution in [0.3, 0.4) is 0 Å². The van der Waals surface area contributed by atoms with E-state index < -0.39 is 11.6 Å². The summed E-state index contributed by atoms with van der Waals surface area (Å²) >= 11 is 0. The van der Waals surface area contributed by atoms with Gasteiger partial charge in [-0.05, 0) is 38.7 Å². The topological polar surface area (TPSA) is 103 Å². The predicted molar refractivity (Wildman–Crippen MR) is 119 cm³/mol.